The minimum atomic E-state index is -1.48. The van der Waals surface area contributed by atoms with Gasteiger partial charge in [0.15, 0.2) is 8.32 Å². The lowest BCUT2D eigenvalue weighted by atomic mass is 9.77. The Bertz CT molecular complexity index is 679. The first-order valence-corrected chi connectivity index (χ1v) is 13.0. The lowest BCUT2D eigenvalue weighted by Gasteiger charge is -2.34. The maximum Gasteiger partial charge on any atom is 0.183 e. The predicted molar refractivity (Wildman–Crippen MR) is 108 cm³/mol. The molecule has 0 heterocycles. The third-order valence-electron chi connectivity index (χ3n) is 4.96. The molecule has 140 valence electrons. The number of rotatable bonds is 6. The van der Waals surface area contributed by atoms with Crippen molar-refractivity contribution in [3.8, 4) is 11.5 Å². The molecular formula is C22H30O3Si. The molecule has 0 amide bonds. The summed E-state index contributed by atoms with van der Waals surface area (Å²) >= 11 is 0. The van der Waals surface area contributed by atoms with E-state index in [4.69, 9.17) is 9.16 Å². The number of benzene rings is 2. The fourth-order valence-electron chi connectivity index (χ4n) is 3.55. The highest BCUT2D eigenvalue weighted by Gasteiger charge is 2.31. The van der Waals surface area contributed by atoms with Crippen molar-refractivity contribution in [3.63, 3.8) is 0 Å². The SMILES string of the molecule is C[Si](C)(C)OCC1CCC(c2ccc(Oc3ccccc3)cc2)C(O)C1. The van der Waals surface area contributed by atoms with Gasteiger partial charge in [0.1, 0.15) is 11.5 Å². The third-order valence-corrected chi connectivity index (χ3v) is 6.00. The molecule has 2 aromatic rings. The summed E-state index contributed by atoms with van der Waals surface area (Å²) < 4.78 is 11.9. The van der Waals surface area contributed by atoms with Crippen LogP contribution in [-0.2, 0) is 4.43 Å². The fourth-order valence-corrected chi connectivity index (χ4v) is 4.28. The van der Waals surface area contributed by atoms with Crippen molar-refractivity contribution in [3.05, 3.63) is 60.2 Å². The number of hydrogen-bond acceptors (Lipinski definition) is 3. The van der Waals surface area contributed by atoms with Crippen LogP contribution in [0, 0.1) is 5.92 Å². The van der Waals surface area contributed by atoms with Gasteiger partial charge in [0.2, 0.25) is 0 Å². The molecular weight excluding hydrogens is 340 g/mol. The van der Waals surface area contributed by atoms with Gasteiger partial charge in [0, 0.05) is 12.5 Å². The van der Waals surface area contributed by atoms with Gasteiger partial charge in [-0.1, -0.05) is 30.3 Å². The van der Waals surface area contributed by atoms with Crippen LogP contribution in [0.3, 0.4) is 0 Å². The highest BCUT2D eigenvalue weighted by atomic mass is 28.4. The predicted octanol–water partition coefficient (Wildman–Crippen LogP) is 5.58. The van der Waals surface area contributed by atoms with Crippen LogP contribution in [0.1, 0.15) is 30.7 Å². The topological polar surface area (TPSA) is 38.7 Å². The quantitative estimate of drug-likeness (QED) is 0.675. The van der Waals surface area contributed by atoms with Crippen LogP contribution in [0.5, 0.6) is 11.5 Å². The van der Waals surface area contributed by atoms with Crippen LogP contribution in [0.15, 0.2) is 54.6 Å². The molecule has 3 unspecified atom stereocenters. The molecule has 0 bridgehead atoms. The van der Waals surface area contributed by atoms with E-state index in [1.165, 1.54) is 5.56 Å². The van der Waals surface area contributed by atoms with Crippen LogP contribution in [0.25, 0.3) is 0 Å². The van der Waals surface area contributed by atoms with E-state index < -0.39 is 8.32 Å². The molecule has 0 saturated heterocycles. The summed E-state index contributed by atoms with van der Waals surface area (Å²) in [5.41, 5.74) is 1.20. The fraction of sp³-hybridized carbons (Fsp3) is 0.455. The van der Waals surface area contributed by atoms with Crippen molar-refractivity contribution in [2.45, 2.75) is 50.9 Å². The molecule has 0 aromatic heterocycles. The van der Waals surface area contributed by atoms with Crippen LogP contribution in [-0.4, -0.2) is 26.1 Å². The lowest BCUT2D eigenvalue weighted by molar-refractivity contribution is 0.0603. The van der Waals surface area contributed by atoms with Gasteiger partial charge in [-0.05, 0) is 74.7 Å². The Kier molecular flexibility index (Phi) is 6.17. The maximum absolute atomic E-state index is 10.7. The largest absolute Gasteiger partial charge is 0.457 e. The Balaban J connectivity index is 1.56. The van der Waals surface area contributed by atoms with Gasteiger partial charge in [-0.25, -0.2) is 0 Å². The molecule has 26 heavy (non-hydrogen) atoms. The summed E-state index contributed by atoms with van der Waals surface area (Å²) in [5.74, 6) is 2.35. The summed E-state index contributed by atoms with van der Waals surface area (Å²) in [7, 11) is -1.48. The van der Waals surface area contributed by atoms with E-state index in [1.807, 2.05) is 42.5 Å². The number of ether oxygens (including phenoxy) is 1. The van der Waals surface area contributed by atoms with Crippen molar-refractivity contribution in [2.24, 2.45) is 5.92 Å². The van der Waals surface area contributed by atoms with E-state index in [9.17, 15) is 5.11 Å². The molecule has 2 aromatic carbocycles. The zero-order valence-corrected chi connectivity index (χ0v) is 17.0. The summed E-state index contributed by atoms with van der Waals surface area (Å²) in [6, 6.07) is 18.0. The molecule has 0 spiro atoms. The van der Waals surface area contributed by atoms with Crippen LogP contribution in [0.2, 0.25) is 19.6 Å². The maximum atomic E-state index is 10.7. The highest BCUT2D eigenvalue weighted by Crippen LogP contribution is 2.37. The average molecular weight is 371 g/mol. The van der Waals surface area contributed by atoms with Gasteiger partial charge in [0.25, 0.3) is 0 Å². The monoisotopic (exact) mass is 370 g/mol. The van der Waals surface area contributed by atoms with Crippen molar-refractivity contribution in [2.75, 3.05) is 6.61 Å². The van der Waals surface area contributed by atoms with Gasteiger partial charge in [-0.2, -0.15) is 0 Å². The van der Waals surface area contributed by atoms with Crippen LogP contribution in [0.4, 0.5) is 0 Å². The van der Waals surface area contributed by atoms with Gasteiger partial charge < -0.3 is 14.3 Å². The molecule has 3 rings (SSSR count). The second-order valence-electron chi connectivity index (χ2n) is 8.26. The van der Waals surface area contributed by atoms with E-state index >= 15 is 0 Å². The average Bonchev–Trinajstić information content (AvgIpc) is 2.61. The number of aliphatic hydroxyl groups excluding tert-OH is 1. The van der Waals surface area contributed by atoms with E-state index in [1.54, 1.807) is 0 Å². The minimum absolute atomic E-state index is 0.212. The zero-order chi connectivity index (χ0) is 18.6. The molecule has 1 saturated carbocycles. The Hall–Kier alpha value is -1.62. The molecule has 1 N–H and O–H groups in total. The van der Waals surface area contributed by atoms with E-state index in [0.717, 1.165) is 37.4 Å². The van der Waals surface area contributed by atoms with Gasteiger partial charge in [-0.3, -0.25) is 0 Å². The van der Waals surface area contributed by atoms with Crippen molar-refractivity contribution < 1.29 is 14.3 Å². The molecule has 0 aliphatic heterocycles. The van der Waals surface area contributed by atoms with E-state index in [0.29, 0.717) is 5.92 Å². The first-order chi connectivity index (χ1) is 12.4. The third kappa shape index (κ3) is 5.43. The van der Waals surface area contributed by atoms with Gasteiger partial charge in [-0.15, -0.1) is 0 Å². The van der Waals surface area contributed by atoms with E-state index in [-0.39, 0.29) is 12.0 Å². The first-order valence-electron chi connectivity index (χ1n) is 9.55. The van der Waals surface area contributed by atoms with Crippen LogP contribution < -0.4 is 4.74 Å². The van der Waals surface area contributed by atoms with Crippen LogP contribution >= 0.6 is 0 Å². The minimum Gasteiger partial charge on any atom is -0.457 e. The summed E-state index contributed by atoms with van der Waals surface area (Å²) in [4.78, 5) is 0. The molecule has 1 aliphatic carbocycles. The van der Waals surface area contributed by atoms with Crippen molar-refractivity contribution >= 4 is 8.32 Å². The molecule has 0 radical (unpaired) electrons. The zero-order valence-electron chi connectivity index (χ0n) is 16.0. The Morgan fingerprint density at radius 1 is 0.923 bits per heavy atom. The second-order valence-corrected chi connectivity index (χ2v) is 12.8. The molecule has 1 fully saturated rings. The number of hydrogen-bond donors (Lipinski definition) is 1. The smallest absolute Gasteiger partial charge is 0.183 e. The first kappa shape index (κ1) is 19.1. The molecule has 3 nitrogen and oxygen atoms in total. The molecule has 1 aliphatic rings. The molecule has 3 atom stereocenters. The summed E-state index contributed by atoms with van der Waals surface area (Å²) in [5, 5.41) is 10.7. The number of para-hydroxylation sites is 1. The van der Waals surface area contributed by atoms with Gasteiger partial charge in [0.05, 0.1) is 6.10 Å². The summed E-state index contributed by atoms with van der Waals surface area (Å²) in [6.45, 7) is 7.44. The highest BCUT2D eigenvalue weighted by molar-refractivity contribution is 6.69. The van der Waals surface area contributed by atoms with E-state index in [2.05, 4.69) is 31.8 Å². The Labute approximate surface area is 158 Å². The Morgan fingerprint density at radius 2 is 1.58 bits per heavy atom. The normalized spacial score (nSPS) is 23.6. The van der Waals surface area contributed by atoms with Gasteiger partial charge >= 0.3 is 0 Å². The lowest BCUT2D eigenvalue weighted by Crippen LogP contribution is -2.34. The standard InChI is InChI=1S/C22H30O3Si/c1-26(2,3)24-16-17-9-14-21(22(23)15-17)18-10-12-20(13-11-18)25-19-7-5-4-6-8-19/h4-8,10-13,17,21-23H,9,14-16H2,1-3H3. The second kappa shape index (κ2) is 8.38. The number of aliphatic hydroxyl groups is 1. The Morgan fingerprint density at radius 3 is 2.19 bits per heavy atom. The van der Waals surface area contributed by atoms with Crippen molar-refractivity contribution in [1.29, 1.82) is 0 Å². The summed E-state index contributed by atoms with van der Waals surface area (Å²) in [6.07, 6.45) is 2.67. The molecule has 4 heteroatoms. The van der Waals surface area contributed by atoms with Crippen molar-refractivity contribution in [1.82, 2.24) is 0 Å².